The number of rotatable bonds is 4. The number of esters is 1. The third kappa shape index (κ3) is 2.88. The second-order valence-corrected chi connectivity index (χ2v) is 6.77. The predicted octanol–water partition coefficient (Wildman–Crippen LogP) is 3.77. The number of hydrogen-bond acceptors (Lipinski definition) is 3. The number of carbonyl (C=O) groups excluding carboxylic acids is 2. The molecule has 1 atom stereocenters. The number of aryl methyl sites for hydroxylation is 2. The van der Waals surface area contributed by atoms with E-state index in [0.717, 1.165) is 16.8 Å². The number of ketones is 1. The van der Waals surface area contributed by atoms with Crippen LogP contribution in [0.2, 0.25) is 0 Å². The molecular weight excluding hydrogens is 302 g/mol. The maximum Gasteiger partial charge on any atom is 0.315 e. The number of carbonyl (C=O) groups is 2. The van der Waals surface area contributed by atoms with Gasteiger partial charge in [-0.25, -0.2) is 0 Å². The highest BCUT2D eigenvalue weighted by Crippen LogP contribution is 2.34. The Morgan fingerprint density at radius 1 is 1.17 bits per heavy atom. The van der Waals surface area contributed by atoms with Crippen molar-refractivity contribution in [3.63, 3.8) is 0 Å². The van der Waals surface area contributed by atoms with E-state index in [2.05, 4.69) is 0 Å². The Morgan fingerprint density at radius 3 is 2.46 bits per heavy atom. The summed E-state index contributed by atoms with van der Waals surface area (Å²) >= 11 is 0. The van der Waals surface area contributed by atoms with E-state index < -0.39 is 0 Å². The summed E-state index contributed by atoms with van der Waals surface area (Å²) in [5.41, 5.74) is 4.30. The van der Waals surface area contributed by atoms with Crippen LogP contribution in [0.5, 0.6) is 0 Å². The van der Waals surface area contributed by atoms with E-state index in [0.29, 0.717) is 24.2 Å². The van der Waals surface area contributed by atoms with E-state index in [1.165, 1.54) is 0 Å². The molecule has 0 fully saturated rings. The van der Waals surface area contributed by atoms with Crippen molar-refractivity contribution in [1.82, 2.24) is 4.57 Å². The molecule has 4 nitrogen and oxygen atoms in total. The van der Waals surface area contributed by atoms with Crippen LogP contribution in [0.25, 0.3) is 0 Å². The van der Waals surface area contributed by atoms with Crippen LogP contribution in [-0.2, 0) is 16.1 Å². The van der Waals surface area contributed by atoms with Gasteiger partial charge in [-0.1, -0.05) is 29.8 Å². The van der Waals surface area contributed by atoms with E-state index in [9.17, 15) is 9.59 Å². The summed E-state index contributed by atoms with van der Waals surface area (Å²) in [6, 6.07) is 9.56. The molecule has 4 heteroatoms. The zero-order chi connectivity index (χ0) is 17.4. The van der Waals surface area contributed by atoms with Crippen LogP contribution in [0.15, 0.2) is 30.3 Å². The topological polar surface area (TPSA) is 48.3 Å². The zero-order valence-corrected chi connectivity index (χ0v) is 14.6. The number of nitrogens with zero attached hydrogens (tertiary/aromatic N) is 1. The van der Waals surface area contributed by atoms with Gasteiger partial charge in [0.05, 0.1) is 17.7 Å². The first-order valence-corrected chi connectivity index (χ1v) is 8.40. The van der Waals surface area contributed by atoms with Gasteiger partial charge in [0, 0.05) is 17.8 Å². The lowest BCUT2D eigenvalue weighted by Gasteiger charge is -2.12. The lowest BCUT2D eigenvalue weighted by Crippen LogP contribution is -2.18. The number of hydrogen-bond donors (Lipinski definition) is 0. The molecule has 3 rings (SSSR count). The fourth-order valence-corrected chi connectivity index (χ4v) is 3.34. The summed E-state index contributed by atoms with van der Waals surface area (Å²) in [5, 5.41) is 0. The highest BCUT2D eigenvalue weighted by atomic mass is 16.5. The molecule has 0 spiro atoms. The molecule has 0 N–H and O–H groups in total. The molecule has 0 radical (unpaired) electrons. The molecule has 0 aliphatic carbocycles. The van der Waals surface area contributed by atoms with Gasteiger partial charge in [-0.3, -0.25) is 9.59 Å². The standard InChI is InChI=1S/C20H23NO3/c1-12(2)24-20(23)16-9-10-21-17(16)11-14(4)18(21)19(22)15-7-5-13(3)6-8-15/h5-8,11-12,16H,9-10H2,1-4H3. The van der Waals surface area contributed by atoms with Crippen LogP contribution in [0, 0.1) is 13.8 Å². The van der Waals surface area contributed by atoms with Gasteiger partial charge < -0.3 is 9.30 Å². The first-order valence-electron chi connectivity index (χ1n) is 8.40. The van der Waals surface area contributed by atoms with Crippen molar-refractivity contribution in [3.05, 3.63) is 58.4 Å². The van der Waals surface area contributed by atoms with Crippen LogP contribution in [0.3, 0.4) is 0 Å². The highest BCUT2D eigenvalue weighted by molar-refractivity contribution is 6.09. The van der Waals surface area contributed by atoms with E-state index in [1.54, 1.807) is 0 Å². The summed E-state index contributed by atoms with van der Waals surface area (Å²) in [4.78, 5) is 25.2. The average molecular weight is 325 g/mol. The fraction of sp³-hybridized carbons (Fsp3) is 0.400. The van der Waals surface area contributed by atoms with Gasteiger partial charge in [0.1, 0.15) is 0 Å². The van der Waals surface area contributed by atoms with Gasteiger partial charge >= 0.3 is 5.97 Å². The van der Waals surface area contributed by atoms with Crippen LogP contribution in [0.4, 0.5) is 0 Å². The third-order valence-electron chi connectivity index (χ3n) is 4.48. The Morgan fingerprint density at radius 2 is 1.83 bits per heavy atom. The molecule has 2 aromatic rings. The molecule has 1 aromatic heterocycles. The van der Waals surface area contributed by atoms with Crippen molar-refractivity contribution in [1.29, 1.82) is 0 Å². The molecule has 1 aromatic carbocycles. The second-order valence-electron chi connectivity index (χ2n) is 6.77. The highest BCUT2D eigenvalue weighted by Gasteiger charge is 2.34. The minimum atomic E-state index is -0.273. The van der Waals surface area contributed by atoms with Gasteiger partial charge in [-0.2, -0.15) is 0 Å². The molecule has 2 heterocycles. The Hall–Kier alpha value is -2.36. The number of fused-ring (bicyclic) bond motifs is 1. The molecular formula is C20H23NO3. The lowest BCUT2D eigenvalue weighted by molar-refractivity contribution is -0.149. The van der Waals surface area contributed by atoms with Gasteiger partial charge in [0.15, 0.2) is 0 Å². The molecule has 1 aliphatic rings. The van der Waals surface area contributed by atoms with Gasteiger partial charge in [-0.15, -0.1) is 0 Å². The normalized spacial score (nSPS) is 16.3. The number of aromatic nitrogens is 1. The molecule has 0 saturated carbocycles. The van der Waals surface area contributed by atoms with E-state index in [4.69, 9.17) is 4.74 Å². The molecule has 0 amide bonds. The number of ether oxygens (including phenoxy) is 1. The first-order chi connectivity index (χ1) is 11.4. The molecule has 1 aliphatic heterocycles. The molecule has 0 bridgehead atoms. The van der Waals surface area contributed by atoms with Crippen molar-refractivity contribution in [2.75, 3.05) is 0 Å². The number of benzene rings is 1. The van der Waals surface area contributed by atoms with E-state index in [1.807, 2.05) is 62.6 Å². The summed E-state index contributed by atoms with van der Waals surface area (Å²) in [7, 11) is 0. The van der Waals surface area contributed by atoms with Crippen molar-refractivity contribution in [3.8, 4) is 0 Å². The van der Waals surface area contributed by atoms with E-state index >= 15 is 0 Å². The quantitative estimate of drug-likeness (QED) is 0.635. The van der Waals surface area contributed by atoms with Gasteiger partial charge in [-0.05, 0) is 45.7 Å². The smallest absolute Gasteiger partial charge is 0.315 e. The van der Waals surface area contributed by atoms with Crippen molar-refractivity contribution in [2.45, 2.75) is 52.7 Å². The van der Waals surface area contributed by atoms with Gasteiger partial charge in [0.25, 0.3) is 0 Å². The SMILES string of the molecule is Cc1ccc(C(=O)c2c(C)cc3n2CCC3C(=O)OC(C)C)cc1. The fourth-order valence-electron chi connectivity index (χ4n) is 3.34. The Bertz CT molecular complexity index is 784. The van der Waals surface area contributed by atoms with Crippen molar-refractivity contribution >= 4 is 11.8 Å². The molecule has 24 heavy (non-hydrogen) atoms. The Balaban J connectivity index is 1.94. The maximum atomic E-state index is 12.9. The lowest BCUT2D eigenvalue weighted by atomic mass is 10.0. The van der Waals surface area contributed by atoms with Crippen LogP contribution >= 0.6 is 0 Å². The zero-order valence-electron chi connectivity index (χ0n) is 14.6. The van der Waals surface area contributed by atoms with Crippen molar-refractivity contribution in [2.24, 2.45) is 0 Å². The van der Waals surface area contributed by atoms with E-state index in [-0.39, 0.29) is 23.8 Å². The summed E-state index contributed by atoms with van der Waals surface area (Å²) < 4.78 is 7.35. The largest absolute Gasteiger partial charge is 0.462 e. The summed E-state index contributed by atoms with van der Waals surface area (Å²) in [6.45, 7) is 8.30. The Labute approximate surface area is 142 Å². The van der Waals surface area contributed by atoms with Crippen molar-refractivity contribution < 1.29 is 14.3 Å². The average Bonchev–Trinajstić information content (AvgIpc) is 3.04. The first kappa shape index (κ1) is 16.5. The molecule has 1 unspecified atom stereocenters. The monoisotopic (exact) mass is 325 g/mol. The predicted molar refractivity (Wildman–Crippen MR) is 92.4 cm³/mol. The second kappa shape index (κ2) is 6.27. The molecule has 0 saturated heterocycles. The summed E-state index contributed by atoms with van der Waals surface area (Å²) in [5.74, 6) is -0.460. The maximum absolute atomic E-state index is 12.9. The molecule has 126 valence electrons. The van der Waals surface area contributed by atoms with Crippen LogP contribution < -0.4 is 0 Å². The summed E-state index contributed by atoms with van der Waals surface area (Å²) in [6.07, 6.45) is 0.561. The van der Waals surface area contributed by atoms with Gasteiger partial charge in [0.2, 0.25) is 5.78 Å². The minimum Gasteiger partial charge on any atom is -0.462 e. The third-order valence-corrected chi connectivity index (χ3v) is 4.48. The Kier molecular flexibility index (Phi) is 4.31. The van der Waals surface area contributed by atoms with Crippen LogP contribution in [-0.4, -0.2) is 22.4 Å². The minimum absolute atomic E-state index is 0.0108. The van der Waals surface area contributed by atoms with Crippen LogP contribution in [0.1, 0.15) is 59.1 Å².